The Balaban J connectivity index is 2.05. The van der Waals surface area contributed by atoms with Gasteiger partial charge in [0.25, 0.3) is 0 Å². The molecule has 0 aliphatic carbocycles. The topological polar surface area (TPSA) is 72.5 Å². The molecule has 1 aromatic carbocycles. The molecule has 1 N–H and O–H groups in total. The Morgan fingerprint density at radius 3 is 2.79 bits per heavy atom. The summed E-state index contributed by atoms with van der Waals surface area (Å²) in [5.41, 5.74) is 0.659. The van der Waals surface area contributed by atoms with Gasteiger partial charge in [0.05, 0.1) is 11.6 Å². The molecular weight excluding hydrogens is 312 g/mol. The first kappa shape index (κ1) is 13.6. The van der Waals surface area contributed by atoms with Crippen molar-refractivity contribution in [3.63, 3.8) is 0 Å². The zero-order valence-corrected chi connectivity index (χ0v) is 11.6. The molecule has 1 atom stereocenters. The number of amides is 2. The molecule has 5 nitrogen and oxygen atoms in total. The average molecular weight is 324 g/mol. The lowest BCUT2D eigenvalue weighted by molar-refractivity contribution is -0.265. The molecule has 0 aromatic heterocycles. The van der Waals surface area contributed by atoms with E-state index in [-0.39, 0.29) is 19.0 Å². The van der Waals surface area contributed by atoms with Crippen LogP contribution in [0.3, 0.4) is 0 Å². The number of halogens is 1. The second kappa shape index (κ2) is 5.88. The van der Waals surface area contributed by atoms with E-state index >= 15 is 0 Å². The highest BCUT2D eigenvalue weighted by atomic mass is 79.9. The summed E-state index contributed by atoms with van der Waals surface area (Å²) >= 11 is 3.34. The first-order chi connectivity index (χ1) is 9.08. The van der Waals surface area contributed by atoms with Gasteiger partial charge in [-0.2, -0.15) is 0 Å². The number of nitrogens with one attached hydrogen (secondary N) is 1. The fourth-order valence-corrected chi connectivity index (χ4v) is 2.22. The van der Waals surface area contributed by atoms with Gasteiger partial charge in [-0.05, 0) is 28.1 Å². The number of rotatable bonds is 2. The number of nitrogens with zero attached hydrogens (tertiary/aromatic N) is 1. The highest BCUT2D eigenvalue weighted by molar-refractivity contribution is 9.10. The zero-order valence-electron chi connectivity index (χ0n) is 10.0. The quantitative estimate of drug-likeness (QED) is 0.832. The second-order valence-corrected chi connectivity index (χ2v) is 5.03. The first-order valence-electron chi connectivity index (χ1n) is 5.76. The third-order valence-electron chi connectivity index (χ3n) is 2.84. The van der Waals surface area contributed by atoms with E-state index in [2.05, 4.69) is 21.2 Å². The molecule has 1 aromatic rings. The van der Waals surface area contributed by atoms with Crippen LogP contribution in [0.15, 0.2) is 40.9 Å². The number of anilines is 1. The summed E-state index contributed by atoms with van der Waals surface area (Å²) in [7, 11) is 0. The van der Waals surface area contributed by atoms with Crippen molar-refractivity contribution in [2.45, 2.75) is 0 Å². The van der Waals surface area contributed by atoms with Crippen molar-refractivity contribution in [1.29, 1.82) is 0 Å². The van der Waals surface area contributed by atoms with Gasteiger partial charge in [0, 0.05) is 17.6 Å². The molecule has 1 aliphatic heterocycles. The summed E-state index contributed by atoms with van der Waals surface area (Å²) in [6.45, 7) is 0.385. The Bertz CT molecular complexity index is 530. The smallest absolute Gasteiger partial charge is 0.233 e. The van der Waals surface area contributed by atoms with Crippen LogP contribution in [0, 0.1) is 5.92 Å². The minimum absolute atomic E-state index is 0.120. The molecule has 1 unspecified atom stereocenters. The lowest BCUT2D eigenvalue weighted by atomic mass is 10.0. The molecule has 0 fully saturated rings. The molecular formula is C13H12BrN2O3-. The van der Waals surface area contributed by atoms with Crippen LogP contribution >= 0.6 is 15.9 Å². The van der Waals surface area contributed by atoms with Crippen LogP contribution in [0.1, 0.15) is 0 Å². The van der Waals surface area contributed by atoms with Gasteiger partial charge < -0.3 is 20.1 Å². The van der Waals surface area contributed by atoms with E-state index in [1.165, 1.54) is 0 Å². The predicted octanol–water partition coefficient (Wildman–Crippen LogP) is 1.22. The number of para-hydroxylation sites is 1. The summed E-state index contributed by atoms with van der Waals surface area (Å²) < 4.78 is 0.778. The van der Waals surface area contributed by atoms with Crippen molar-refractivity contribution < 1.29 is 14.7 Å². The third kappa shape index (κ3) is 3.35. The lowest BCUT2D eigenvalue weighted by Gasteiger charge is -2.30. The highest BCUT2D eigenvalue weighted by Gasteiger charge is 2.22. The van der Waals surface area contributed by atoms with E-state index in [0.29, 0.717) is 5.69 Å². The molecule has 100 valence electrons. The van der Waals surface area contributed by atoms with Gasteiger partial charge in [-0.15, -0.1) is 0 Å². The molecule has 1 heterocycles. The second-order valence-electron chi connectivity index (χ2n) is 4.17. The maximum atomic E-state index is 12.1. The number of benzene rings is 1. The average Bonchev–Trinajstić information content (AvgIpc) is 2.41. The molecule has 0 saturated heterocycles. The van der Waals surface area contributed by atoms with E-state index in [9.17, 15) is 14.7 Å². The maximum absolute atomic E-state index is 12.1. The van der Waals surface area contributed by atoms with Gasteiger partial charge in [0.2, 0.25) is 5.91 Å². The standard InChI is InChI=1S/C13H13BrN2O3/c14-10-5-1-2-6-11(10)15-12(17)9-4-3-7-16(8-9)13(18)19/h1-6,9H,7-8H2,(H,15,17)(H,18,19)/p-1. The minimum atomic E-state index is -1.26. The fourth-order valence-electron chi connectivity index (χ4n) is 1.83. The summed E-state index contributed by atoms with van der Waals surface area (Å²) in [5.74, 6) is -0.743. The molecule has 2 amide bonds. The largest absolute Gasteiger partial charge is 0.530 e. The van der Waals surface area contributed by atoms with Crippen molar-refractivity contribution in [2.75, 3.05) is 18.4 Å². The van der Waals surface area contributed by atoms with E-state index in [4.69, 9.17) is 0 Å². The van der Waals surface area contributed by atoms with Crippen LogP contribution in [0.5, 0.6) is 0 Å². The predicted molar refractivity (Wildman–Crippen MR) is 72.4 cm³/mol. The highest BCUT2D eigenvalue weighted by Crippen LogP contribution is 2.22. The molecule has 0 bridgehead atoms. The Morgan fingerprint density at radius 2 is 2.11 bits per heavy atom. The summed E-state index contributed by atoms with van der Waals surface area (Å²) in [6.07, 6.45) is 2.11. The van der Waals surface area contributed by atoms with Crippen LogP contribution in [-0.4, -0.2) is 30.0 Å². The monoisotopic (exact) mass is 323 g/mol. The molecule has 6 heteroatoms. The van der Waals surface area contributed by atoms with E-state index < -0.39 is 12.0 Å². The van der Waals surface area contributed by atoms with Gasteiger partial charge in [-0.25, -0.2) is 0 Å². The van der Waals surface area contributed by atoms with Gasteiger partial charge in [0.1, 0.15) is 6.09 Å². The van der Waals surface area contributed by atoms with Crippen LogP contribution in [0.25, 0.3) is 0 Å². The Labute approximate surface area is 119 Å². The van der Waals surface area contributed by atoms with Gasteiger partial charge >= 0.3 is 0 Å². The van der Waals surface area contributed by atoms with Crippen LogP contribution in [0.2, 0.25) is 0 Å². The van der Waals surface area contributed by atoms with E-state index in [1.54, 1.807) is 18.2 Å². The van der Waals surface area contributed by atoms with Crippen molar-refractivity contribution in [3.05, 3.63) is 40.9 Å². The normalized spacial score (nSPS) is 18.2. The summed E-state index contributed by atoms with van der Waals surface area (Å²) in [4.78, 5) is 23.9. The van der Waals surface area contributed by atoms with Crippen LogP contribution in [-0.2, 0) is 4.79 Å². The van der Waals surface area contributed by atoms with Crippen molar-refractivity contribution >= 4 is 33.6 Å². The lowest BCUT2D eigenvalue weighted by Crippen LogP contribution is -2.47. The first-order valence-corrected chi connectivity index (χ1v) is 6.55. The maximum Gasteiger partial charge on any atom is 0.233 e. The molecule has 2 rings (SSSR count). The molecule has 0 radical (unpaired) electrons. The van der Waals surface area contributed by atoms with Crippen LogP contribution in [0.4, 0.5) is 10.5 Å². The number of carbonyl (C=O) groups excluding carboxylic acids is 2. The number of carbonyl (C=O) groups is 2. The summed E-state index contributed by atoms with van der Waals surface area (Å²) in [6, 6.07) is 7.24. The van der Waals surface area contributed by atoms with Crippen molar-refractivity contribution in [3.8, 4) is 0 Å². The fraction of sp³-hybridized carbons (Fsp3) is 0.231. The zero-order chi connectivity index (χ0) is 13.8. The van der Waals surface area contributed by atoms with Gasteiger partial charge in [-0.1, -0.05) is 24.3 Å². The van der Waals surface area contributed by atoms with E-state index in [0.717, 1.165) is 9.37 Å². The number of hydrogen-bond acceptors (Lipinski definition) is 3. The molecule has 1 aliphatic rings. The minimum Gasteiger partial charge on any atom is -0.530 e. The molecule has 0 spiro atoms. The molecule has 0 saturated carbocycles. The third-order valence-corrected chi connectivity index (χ3v) is 3.53. The Hall–Kier alpha value is -1.82. The van der Waals surface area contributed by atoms with Gasteiger partial charge in [0.15, 0.2) is 0 Å². The SMILES string of the molecule is O=C(Nc1ccccc1Br)C1C=CCN(C(=O)[O-])C1. The van der Waals surface area contributed by atoms with Crippen molar-refractivity contribution in [1.82, 2.24) is 4.90 Å². The summed E-state index contributed by atoms with van der Waals surface area (Å²) in [5, 5.41) is 13.5. The van der Waals surface area contributed by atoms with Crippen LogP contribution < -0.4 is 10.4 Å². The number of hydrogen-bond donors (Lipinski definition) is 1. The van der Waals surface area contributed by atoms with E-state index in [1.807, 2.05) is 18.2 Å². The molecule has 19 heavy (non-hydrogen) atoms. The Morgan fingerprint density at radius 1 is 1.37 bits per heavy atom. The van der Waals surface area contributed by atoms with Gasteiger partial charge in [-0.3, -0.25) is 4.79 Å². The Kier molecular flexibility index (Phi) is 4.21. The van der Waals surface area contributed by atoms with Crippen molar-refractivity contribution in [2.24, 2.45) is 5.92 Å². The number of carboxylic acid groups (broad SMARTS) is 1.